The minimum atomic E-state index is -0.542. The van der Waals surface area contributed by atoms with E-state index in [2.05, 4.69) is 6.92 Å². The molecule has 2 nitrogen and oxygen atoms in total. The molecule has 0 saturated heterocycles. The van der Waals surface area contributed by atoms with E-state index in [-0.39, 0.29) is 11.3 Å². The molecule has 0 aliphatic carbocycles. The van der Waals surface area contributed by atoms with Crippen LogP contribution in [0, 0.1) is 5.82 Å². The topological polar surface area (TPSA) is 26.3 Å². The first-order chi connectivity index (χ1) is 8.74. The Labute approximate surface area is 105 Å². The highest BCUT2D eigenvalue weighted by Crippen LogP contribution is 2.27. The molecule has 0 aliphatic rings. The second-order valence-electron chi connectivity index (χ2n) is 3.88. The molecule has 0 radical (unpaired) electrons. The summed E-state index contributed by atoms with van der Waals surface area (Å²) in [6.45, 7) is 2.05. The van der Waals surface area contributed by atoms with Gasteiger partial charge in [0, 0.05) is 0 Å². The largest absolute Gasteiger partial charge is 0.454 e. The number of rotatable bonds is 4. The lowest BCUT2D eigenvalue weighted by Crippen LogP contribution is -1.94. The first-order valence-corrected chi connectivity index (χ1v) is 5.75. The van der Waals surface area contributed by atoms with Crippen molar-refractivity contribution in [2.24, 2.45) is 0 Å². The van der Waals surface area contributed by atoms with Gasteiger partial charge >= 0.3 is 0 Å². The number of hydrogen-bond acceptors (Lipinski definition) is 2. The molecular formula is C15H13FO2. The molecule has 0 bridgehead atoms. The Morgan fingerprint density at radius 2 is 1.89 bits per heavy atom. The maximum absolute atomic E-state index is 13.6. The highest BCUT2D eigenvalue weighted by Gasteiger charge is 2.10. The van der Waals surface area contributed by atoms with E-state index in [1.54, 1.807) is 12.1 Å². The third-order valence-electron chi connectivity index (χ3n) is 2.68. The van der Waals surface area contributed by atoms with E-state index < -0.39 is 5.82 Å². The quantitative estimate of drug-likeness (QED) is 0.760. The van der Waals surface area contributed by atoms with Crippen LogP contribution in [0.15, 0.2) is 42.5 Å². The molecule has 18 heavy (non-hydrogen) atoms. The van der Waals surface area contributed by atoms with Crippen molar-refractivity contribution >= 4 is 6.29 Å². The average molecular weight is 244 g/mol. The normalized spacial score (nSPS) is 10.1. The van der Waals surface area contributed by atoms with Gasteiger partial charge in [-0.2, -0.15) is 0 Å². The Morgan fingerprint density at radius 1 is 1.17 bits per heavy atom. The summed E-state index contributed by atoms with van der Waals surface area (Å²) in [4.78, 5) is 10.8. The summed E-state index contributed by atoms with van der Waals surface area (Å²) in [7, 11) is 0. The highest BCUT2D eigenvalue weighted by molar-refractivity contribution is 5.79. The third kappa shape index (κ3) is 2.56. The van der Waals surface area contributed by atoms with Gasteiger partial charge in [0.1, 0.15) is 5.75 Å². The van der Waals surface area contributed by atoms with Gasteiger partial charge in [-0.15, -0.1) is 0 Å². The van der Waals surface area contributed by atoms with Crippen molar-refractivity contribution in [3.05, 3.63) is 59.4 Å². The number of aryl methyl sites for hydroxylation is 1. The molecule has 0 atom stereocenters. The van der Waals surface area contributed by atoms with Crippen LogP contribution in [0.25, 0.3) is 0 Å². The molecule has 0 spiro atoms. The molecule has 0 saturated carbocycles. The summed E-state index contributed by atoms with van der Waals surface area (Å²) in [5.74, 6) is -0.0590. The van der Waals surface area contributed by atoms with Crippen molar-refractivity contribution in [2.75, 3.05) is 0 Å². The maximum atomic E-state index is 13.6. The molecule has 3 heteroatoms. The molecule has 0 unspecified atom stereocenters. The second kappa shape index (κ2) is 5.45. The standard InChI is InChI=1S/C15H13FO2/c1-2-11-6-8-13(9-7-11)18-15-12(10-17)4-3-5-14(15)16/h3-10H,2H2,1H3. The fraction of sp³-hybridized carbons (Fsp3) is 0.133. The molecule has 0 amide bonds. The van der Waals surface area contributed by atoms with Crippen LogP contribution in [0.4, 0.5) is 4.39 Å². The zero-order valence-corrected chi connectivity index (χ0v) is 10.0. The Morgan fingerprint density at radius 3 is 2.50 bits per heavy atom. The second-order valence-corrected chi connectivity index (χ2v) is 3.88. The molecule has 0 aromatic heterocycles. The lowest BCUT2D eigenvalue weighted by atomic mass is 10.1. The van der Waals surface area contributed by atoms with Crippen LogP contribution in [0.2, 0.25) is 0 Å². The van der Waals surface area contributed by atoms with Crippen LogP contribution in [0.5, 0.6) is 11.5 Å². The predicted octanol–water partition coefficient (Wildman–Crippen LogP) is 3.99. The van der Waals surface area contributed by atoms with Crippen LogP contribution in [-0.4, -0.2) is 6.29 Å². The molecule has 0 heterocycles. The molecule has 0 fully saturated rings. The van der Waals surface area contributed by atoms with Crippen LogP contribution in [-0.2, 0) is 6.42 Å². The van der Waals surface area contributed by atoms with Crippen LogP contribution >= 0.6 is 0 Å². The van der Waals surface area contributed by atoms with Gasteiger partial charge in [0.15, 0.2) is 17.9 Å². The fourth-order valence-corrected chi connectivity index (χ4v) is 1.64. The summed E-state index contributed by atoms with van der Waals surface area (Å²) in [6.07, 6.45) is 1.51. The van der Waals surface area contributed by atoms with Gasteiger partial charge in [0.25, 0.3) is 0 Å². The highest BCUT2D eigenvalue weighted by atomic mass is 19.1. The van der Waals surface area contributed by atoms with Gasteiger partial charge in [-0.25, -0.2) is 4.39 Å². The zero-order chi connectivity index (χ0) is 13.0. The number of carbonyl (C=O) groups excluding carboxylic acids is 1. The fourth-order valence-electron chi connectivity index (χ4n) is 1.64. The Balaban J connectivity index is 2.30. The molecule has 2 rings (SSSR count). The van der Waals surface area contributed by atoms with E-state index in [0.717, 1.165) is 6.42 Å². The minimum absolute atomic E-state index is 0.0308. The smallest absolute Gasteiger partial charge is 0.173 e. The number of benzene rings is 2. The summed E-state index contributed by atoms with van der Waals surface area (Å²) in [5, 5.41) is 0. The number of halogens is 1. The number of aldehydes is 1. The van der Waals surface area contributed by atoms with Gasteiger partial charge in [0.2, 0.25) is 0 Å². The van der Waals surface area contributed by atoms with Crippen molar-refractivity contribution in [1.82, 2.24) is 0 Å². The SMILES string of the molecule is CCc1ccc(Oc2c(F)cccc2C=O)cc1. The van der Waals surface area contributed by atoms with Gasteiger partial charge in [0.05, 0.1) is 5.56 Å². The van der Waals surface area contributed by atoms with Crippen molar-refractivity contribution < 1.29 is 13.9 Å². The van der Waals surface area contributed by atoms with Gasteiger partial charge < -0.3 is 4.74 Å². The van der Waals surface area contributed by atoms with Gasteiger partial charge in [-0.1, -0.05) is 25.1 Å². The average Bonchev–Trinajstić information content (AvgIpc) is 2.42. The van der Waals surface area contributed by atoms with Crippen LogP contribution in [0.1, 0.15) is 22.8 Å². The Bertz CT molecular complexity index is 547. The summed E-state index contributed by atoms with van der Waals surface area (Å²) in [6, 6.07) is 11.6. The molecular weight excluding hydrogens is 231 g/mol. The number of carbonyl (C=O) groups is 1. The number of ether oxygens (including phenoxy) is 1. The van der Waals surface area contributed by atoms with Crippen molar-refractivity contribution in [2.45, 2.75) is 13.3 Å². The van der Waals surface area contributed by atoms with Gasteiger partial charge in [-0.05, 0) is 36.2 Å². The first-order valence-electron chi connectivity index (χ1n) is 5.75. The number of hydrogen-bond donors (Lipinski definition) is 0. The van der Waals surface area contributed by atoms with Crippen molar-refractivity contribution in [3.8, 4) is 11.5 Å². The summed E-state index contributed by atoms with van der Waals surface area (Å²) >= 11 is 0. The molecule has 0 N–H and O–H groups in total. The zero-order valence-electron chi connectivity index (χ0n) is 10.0. The van der Waals surface area contributed by atoms with E-state index in [0.29, 0.717) is 12.0 Å². The van der Waals surface area contributed by atoms with E-state index >= 15 is 0 Å². The lowest BCUT2D eigenvalue weighted by molar-refractivity contribution is 0.112. The van der Waals surface area contributed by atoms with E-state index in [1.165, 1.54) is 23.8 Å². The maximum Gasteiger partial charge on any atom is 0.173 e. The van der Waals surface area contributed by atoms with Gasteiger partial charge in [-0.3, -0.25) is 4.79 Å². The number of para-hydroxylation sites is 1. The summed E-state index contributed by atoms with van der Waals surface area (Å²) in [5.41, 5.74) is 1.38. The Kier molecular flexibility index (Phi) is 3.72. The van der Waals surface area contributed by atoms with Crippen LogP contribution < -0.4 is 4.74 Å². The molecule has 2 aromatic rings. The predicted molar refractivity (Wildman–Crippen MR) is 67.7 cm³/mol. The summed E-state index contributed by atoms with van der Waals surface area (Å²) < 4.78 is 19.0. The van der Waals surface area contributed by atoms with E-state index in [9.17, 15) is 9.18 Å². The Hall–Kier alpha value is -2.16. The lowest BCUT2D eigenvalue weighted by Gasteiger charge is -2.09. The minimum Gasteiger partial charge on any atom is -0.454 e. The first kappa shape index (κ1) is 12.3. The monoisotopic (exact) mass is 244 g/mol. The van der Waals surface area contributed by atoms with Crippen molar-refractivity contribution in [3.63, 3.8) is 0 Å². The van der Waals surface area contributed by atoms with Crippen LogP contribution in [0.3, 0.4) is 0 Å². The van der Waals surface area contributed by atoms with E-state index in [4.69, 9.17) is 4.74 Å². The van der Waals surface area contributed by atoms with E-state index in [1.807, 2.05) is 12.1 Å². The molecule has 0 aliphatic heterocycles. The van der Waals surface area contributed by atoms with Crippen molar-refractivity contribution in [1.29, 1.82) is 0 Å². The third-order valence-corrected chi connectivity index (χ3v) is 2.68. The molecule has 92 valence electrons. The molecule has 2 aromatic carbocycles.